The fourth-order valence-electron chi connectivity index (χ4n) is 4.44. The van der Waals surface area contributed by atoms with Crippen molar-refractivity contribution in [1.82, 2.24) is 19.8 Å². The Labute approximate surface area is 180 Å². The molecule has 1 saturated carbocycles. The van der Waals surface area contributed by atoms with Gasteiger partial charge in [-0.3, -0.25) is 14.7 Å². The third kappa shape index (κ3) is 4.14. The summed E-state index contributed by atoms with van der Waals surface area (Å²) in [4.78, 5) is 26.1. The van der Waals surface area contributed by atoms with E-state index in [4.69, 9.17) is 16.3 Å². The van der Waals surface area contributed by atoms with Crippen molar-refractivity contribution in [3.8, 4) is 5.88 Å². The minimum absolute atomic E-state index is 0.0274. The van der Waals surface area contributed by atoms with E-state index in [0.29, 0.717) is 30.5 Å². The second-order valence-electron chi connectivity index (χ2n) is 8.41. The molecule has 1 amide bonds. The smallest absolute Gasteiger partial charge is 0.253 e. The van der Waals surface area contributed by atoms with Gasteiger partial charge in [0.25, 0.3) is 5.91 Å². The van der Waals surface area contributed by atoms with E-state index in [1.165, 1.54) is 31.0 Å². The molecule has 6 nitrogen and oxygen atoms in total. The molecule has 0 N–H and O–H groups in total. The molecule has 3 aliphatic rings. The summed E-state index contributed by atoms with van der Waals surface area (Å²) in [6.07, 6.45) is 7.71. The molecule has 2 atom stereocenters. The van der Waals surface area contributed by atoms with Gasteiger partial charge in [-0.25, -0.2) is 9.37 Å². The van der Waals surface area contributed by atoms with Crippen molar-refractivity contribution in [3.63, 3.8) is 0 Å². The van der Waals surface area contributed by atoms with Crippen LogP contribution in [0.4, 0.5) is 4.39 Å². The molecule has 3 heterocycles. The lowest BCUT2D eigenvalue weighted by molar-refractivity contribution is 0.0742. The Hall–Kier alpha value is -2.25. The zero-order chi connectivity index (χ0) is 20.7. The second-order valence-corrected chi connectivity index (χ2v) is 8.82. The van der Waals surface area contributed by atoms with Gasteiger partial charge in [-0.15, -0.1) is 0 Å². The highest BCUT2D eigenvalue weighted by molar-refractivity contribution is 6.31. The summed E-state index contributed by atoms with van der Waals surface area (Å²) in [6, 6.07) is 4.38. The Morgan fingerprint density at radius 2 is 2.03 bits per heavy atom. The maximum Gasteiger partial charge on any atom is 0.253 e. The lowest BCUT2D eigenvalue weighted by atomic mass is 10.1. The number of hydrogen-bond acceptors (Lipinski definition) is 5. The van der Waals surface area contributed by atoms with Gasteiger partial charge in [0.2, 0.25) is 5.88 Å². The second kappa shape index (κ2) is 8.12. The number of benzene rings is 1. The van der Waals surface area contributed by atoms with Gasteiger partial charge in [-0.05, 0) is 37.5 Å². The van der Waals surface area contributed by atoms with Gasteiger partial charge in [0.1, 0.15) is 11.9 Å². The van der Waals surface area contributed by atoms with Crippen molar-refractivity contribution >= 4 is 17.5 Å². The molecular formula is C22H24ClFN4O2. The van der Waals surface area contributed by atoms with Crippen molar-refractivity contribution < 1.29 is 13.9 Å². The number of nitrogens with zero attached hydrogens (tertiary/aromatic N) is 4. The van der Waals surface area contributed by atoms with E-state index in [9.17, 15) is 9.18 Å². The van der Waals surface area contributed by atoms with E-state index >= 15 is 0 Å². The lowest BCUT2D eigenvalue weighted by Crippen LogP contribution is -2.39. The number of aromatic nitrogens is 2. The number of fused-ring (bicyclic) bond motifs is 1. The summed E-state index contributed by atoms with van der Waals surface area (Å²) in [5.74, 6) is 0.523. The first-order valence-corrected chi connectivity index (χ1v) is 10.9. The van der Waals surface area contributed by atoms with E-state index in [1.54, 1.807) is 6.20 Å². The van der Waals surface area contributed by atoms with Crippen LogP contribution in [0.2, 0.25) is 5.02 Å². The topological polar surface area (TPSA) is 58.6 Å². The Balaban J connectivity index is 1.22. The van der Waals surface area contributed by atoms with E-state index in [-0.39, 0.29) is 23.1 Å². The van der Waals surface area contributed by atoms with Crippen molar-refractivity contribution in [3.05, 3.63) is 52.7 Å². The number of hydrogen-bond donors (Lipinski definition) is 0. The number of amides is 1. The molecule has 0 radical (unpaired) electrons. The molecule has 2 aliphatic heterocycles. The molecule has 2 saturated heterocycles. The van der Waals surface area contributed by atoms with Gasteiger partial charge < -0.3 is 9.64 Å². The predicted octanol–water partition coefficient (Wildman–Crippen LogP) is 3.51. The van der Waals surface area contributed by atoms with Crippen LogP contribution in [-0.4, -0.2) is 64.0 Å². The predicted molar refractivity (Wildman–Crippen MR) is 110 cm³/mol. The molecule has 0 bridgehead atoms. The number of halogens is 2. The Bertz CT molecular complexity index is 937. The van der Waals surface area contributed by atoms with Crippen LogP contribution in [0.15, 0.2) is 30.6 Å². The summed E-state index contributed by atoms with van der Waals surface area (Å²) in [5.41, 5.74) is 1.48. The van der Waals surface area contributed by atoms with Crippen molar-refractivity contribution in [2.75, 3.05) is 26.2 Å². The normalized spacial score (nSPS) is 24.4. The molecule has 158 valence electrons. The van der Waals surface area contributed by atoms with Crippen LogP contribution < -0.4 is 4.74 Å². The Kier molecular flexibility index (Phi) is 5.33. The standard InChI is InChI=1S/C22H24ClFN4O2/c23-18-8-15(4-5-19(18)24)22(29)28-7-1-6-27-13-17(9-16(27)12-28)30-21-11-25-20(10-26-21)14-2-3-14/h4-5,8,10-11,14,16-17H,1-3,6-7,9,12-13H2/t16-,17-/m0/s1. The van der Waals surface area contributed by atoms with Crippen LogP contribution in [0.25, 0.3) is 0 Å². The Morgan fingerprint density at radius 3 is 2.77 bits per heavy atom. The average Bonchev–Trinajstić information content (AvgIpc) is 3.55. The zero-order valence-corrected chi connectivity index (χ0v) is 17.4. The van der Waals surface area contributed by atoms with Gasteiger partial charge in [-0.2, -0.15) is 0 Å². The molecule has 1 aromatic heterocycles. The molecule has 1 aromatic carbocycles. The van der Waals surface area contributed by atoms with Gasteiger partial charge in [0.05, 0.1) is 23.1 Å². The SMILES string of the molecule is O=C(c1ccc(F)c(Cl)c1)N1CCCN2C[C@@H](Oc3cnc(C4CC4)cn3)C[C@H]2C1. The van der Waals surface area contributed by atoms with Gasteiger partial charge in [0.15, 0.2) is 0 Å². The first kappa shape index (κ1) is 19.7. The largest absolute Gasteiger partial charge is 0.472 e. The van der Waals surface area contributed by atoms with Crippen LogP contribution in [0.5, 0.6) is 5.88 Å². The molecule has 0 spiro atoms. The first-order chi connectivity index (χ1) is 14.6. The highest BCUT2D eigenvalue weighted by atomic mass is 35.5. The van der Waals surface area contributed by atoms with Crippen LogP contribution in [0.1, 0.15) is 47.7 Å². The lowest BCUT2D eigenvalue weighted by Gasteiger charge is -2.25. The maximum absolute atomic E-state index is 13.4. The summed E-state index contributed by atoms with van der Waals surface area (Å²) >= 11 is 5.86. The monoisotopic (exact) mass is 430 g/mol. The summed E-state index contributed by atoms with van der Waals surface area (Å²) < 4.78 is 19.5. The number of carbonyl (C=O) groups is 1. The van der Waals surface area contributed by atoms with E-state index < -0.39 is 5.82 Å². The minimum atomic E-state index is -0.515. The highest BCUT2D eigenvalue weighted by Crippen LogP contribution is 2.38. The quantitative estimate of drug-likeness (QED) is 0.742. The van der Waals surface area contributed by atoms with Crippen molar-refractivity contribution in [2.24, 2.45) is 0 Å². The molecule has 5 rings (SSSR count). The molecule has 1 aliphatic carbocycles. The van der Waals surface area contributed by atoms with Gasteiger partial charge in [-0.1, -0.05) is 11.6 Å². The maximum atomic E-state index is 13.4. The van der Waals surface area contributed by atoms with E-state index in [1.807, 2.05) is 11.1 Å². The first-order valence-electron chi connectivity index (χ1n) is 10.5. The van der Waals surface area contributed by atoms with Gasteiger partial charge in [0, 0.05) is 50.1 Å². The average molecular weight is 431 g/mol. The van der Waals surface area contributed by atoms with Crippen LogP contribution in [0, 0.1) is 5.82 Å². The number of carbonyl (C=O) groups excluding carboxylic acids is 1. The summed E-state index contributed by atoms with van der Waals surface area (Å²) in [7, 11) is 0. The Morgan fingerprint density at radius 1 is 1.17 bits per heavy atom. The van der Waals surface area contributed by atoms with Crippen molar-refractivity contribution in [1.29, 1.82) is 0 Å². The highest BCUT2D eigenvalue weighted by Gasteiger charge is 2.37. The molecule has 2 aromatic rings. The fraction of sp³-hybridized carbons (Fsp3) is 0.500. The third-order valence-corrected chi connectivity index (χ3v) is 6.47. The summed E-state index contributed by atoms with van der Waals surface area (Å²) in [5, 5.41) is -0.0274. The third-order valence-electron chi connectivity index (χ3n) is 6.18. The molecule has 0 unspecified atom stereocenters. The molecule has 3 fully saturated rings. The zero-order valence-electron chi connectivity index (χ0n) is 16.6. The van der Waals surface area contributed by atoms with Crippen LogP contribution in [-0.2, 0) is 0 Å². The van der Waals surface area contributed by atoms with Crippen LogP contribution >= 0.6 is 11.6 Å². The van der Waals surface area contributed by atoms with Crippen molar-refractivity contribution in [2.45, 2.75) is 43.7 Å². The number of rotatable bonds is 4. The fourth-order valence-corrected chi connectivity index (χ4v) is 4.62. The van der Waals surface area contributed by atoms with Crippen LogP contribution in [0.3, 0.4) is 0 Å². The minimum Gasteiger partial charge on any atom is -0.472 e. The number of ether oxygens (including phenoxy) is 1. The summed E-state index contributed by atoms with van der Waals surface area (Å²) in [6.45, 7) is 3.05. The van der Waals surface area contributed by atoms with E-state index in [0.717, 1.165) is 31.6 Å². The van der Waals surface area contributed by atoms with E-state index in [2.05, 4.69) is 14.9 Å². The molecular weight excluding hydrogens is 407 g/mol. The molecule has 30 heavy (non-hydrogen) atoms. The van der Waals surface area contributed by atoms with Gasteiger partial charge >= 0.3 is 0 Å². The molecule has 8 heteroatoms.